The molecule has 0 unspecified atom stereocenters. The SMILES string of the molecule is CCOC(=O)C1(N(C)c2nc(Cl)ncc2[N+](=O)[O-])COCCOC1. The minimum Gasteiger partial charge on any atom is -0.464 e. The third-order valence-corrected chi connectivity index (χ3v) is 3.77. The summed E-state index contributed by atoms with van der Waals surface area (Å²) < 4.78 is 16.0. The van der Waals surface area contributed by atoms with Crippen LogP contribution in [0.15, 0.2) is 6.20 Å². The van der Waals surface area contributed by atoms with Gasteiger partial charge in [0, 0.05) is 7.05 Å². The molecule has 0 bridgehead atoms. The number of likely N-dealkylation sites (N-methyl/N-ethyl adjacent to an activating group) is 1. The van der Waals surface area contributed by atoms with E-state index in [9.17, 15) is 14.9 Å². The highest BCUT2D eigenvalue weighted by atomic mass is 35.5. The Kier molecular flexibility index (Phi) is 5.86. The third kappa shape index (κ3) is 3.55. The molecule has 10 nitrogen and oxygen atoms in total. The predicted molar refractivity (Wildman–Crippen MR) is 83.1 cm³/mol. The Morgan fingerprint density at radius 3 is 2.67 bits per heavy atom. The maximum atomic E-state index is 12.6. The van der Waals surface area contributed by atoms with Gasteiger partial charge in [0.25, 0.3) is 0 Å². The first kappa shape index (κ1) is 18.3. The molecule has 1 aromatic heterocycles. The average Bonchev–Trinajstić information content (AvgIpc) is 2.81. The van der Waals surface area contributed by atoms with E-state index in [1.54, 1.807) is 6.92 Å². The van der Waals surface area contributed by atoms with E-state index < -0.39 is 22.1 Å². The van der Waals surface area contributed by atoms with Gasteiger partial charge in [-0.3, -0.25) is 10.1 Å². The van der Waals surface area contributed by atoms with Crippen LogP contribution < -0.4 is 4.90 Å². The van der Waals surface area contributed by atoms with Crippen molar-refractivity contribution in [3.05, 3.63) is 21.6 Å². The number of rotatable bonds is 5. The first-order valence-corrected chi connectivity index (χ1v) is 7.53. The standard InChI is InChI=1S/C13H17ClN4O6/c1-3-24-11(19)13(7-22-4-5-23-8-13)17(2)10-9(18(20)21)6-15-12(14)16-10/h6H,3-5,7-8H2,1-2H3. The molecule has 2 heterocycles. The number of nitro groups is 1. The molecule has 0 radical (unpaired) electrons. The Labute approximate surface area is 142 Å². The van der Waals surface area contributed by atoms with Gasteiger partial charge in [0.1, 0.15) is 6.20 Å². The molecule has 132 valence electrons. The molecule has 0 aliphatic carbocycles. The Morgan fingerprint density at radius 1 is 1.50 bits per heavy atom. The summed E-state index contributed by atoms with van der Waals surface area (Å²) in [5, 5.41) is 11.1. The minimum atomic E-state index is -1.42. The molecule has 0 atom stereocenters. The van der Waals surface area contributed by atoms with Crippen LogP contribution in [0.1, 0.15) is 6.92 Å². The average molecular weight is 361 g/mol. The van der Waals surface area contributed by atoms with Gasteiger partial charge >= 0.3 is 11.7 Å². The molecule has 2 rings (SSSR count). The van der Waals surface area contributed by atoms with Crippen LogP contribution in [0.2, 0.25) is 5.28 Å². The largest absolute Gasteiger partial charge is 0.464 e. The van der Waals surface area contributed by atoms with Crippen molar-refractivity contribution >= 4 is 29.1 Å². The van der Waals surface area contributed by atoms with E-state index in [2.05, 4.69) is 9.97 Å². The van der Waals surface area contributed by atoms with Crippen molar-refractivity contribution in [3.8, 4) is 0 Å². The van der Waals surface area contributed by atoms with E-state index in [0.29, 0.717) is 13.2 Å². The van der Waals surface area contributed by atoms with Crippen molar-refractivity contribution in [2.75, 3.05) is 45.0 Å². The van der Waals surface area contributed by atoms with Gasteiger partial charge in [-0.25, -0.2) is 9.78 Å². The second-order valence-electron chi connectivity index (χ2n) is 5.02. The van der Waals surface area contributed by atoms with Crippen LogP contribution >= 0.6 is 11.6 Å². The summed E-state index contributed by atoms with van der Waals surface area (Å²) in [6.45, 7) is 2.25. The number of carbonyl (C=O) groups excluding carboxylic acids is 1. The molecule has 24 heavy (non-hydrogen) atoms. The molecule has 0 aromatic carbocycles. The Bertz CT molecular complexity index is 620. The van der Waals surface area contributed by atoms with Crippen LogP contribution in [0.4, 0.5) is 11.5 Å². The Hall–Kier alpha value is -2.04. The van der Waals surface area contributed by atoms with Crippen LogP contribution in [-0.2, 0) is 19.0 Å². The van der Waals surface area contributed by atoms with E-state index >= 15 is 0 Å². The lowest BCUT2D eigenvalue weighted by atomic mass is 9.99. The van der Waals surface area contributed by atoms with Gasteiger partial charge in [0.05, 0.1) is 38.0 Å². The van der Waals surface area contributed by atoms with Crippen LogP contribution in [0.5, 0.6) is 0 Å². The molecule has 11 heteroatoms. The maximum Gasteiger partial charge on any atom is 0.336 e. The van der Waals surface area contributed by atoms with Crippen molar-refractivity contribution in [1.29, 1.82) is 0 Å². The van der Waals surface area contributed by atoms with Gasteiger partial charge in [0.15, 0.2) is 5.54 Å². The van der Waals surface area contributed by atoms with E-state index in [4.69, 9.17) is 25.8 Å². The van der Waals surface area contributed by atoms with E-state index in [1.165, 1.54) is 11.9 Å². The number of hydrogen-bond acceptors (Lipinski definition) is 9. The minimum absolute atomic E-state index is 0.0683. The van der Waals surface area contributed by atoms with Crippen LogP contribution in [0.3, 0.4) is 0 Å². The zero-order valence-corrected chi connectivity index (χ0v) is 14.0. The number of aromatic nitrogens is 2. The molecular weight excluding hydrogens is 344 g/mol. The summed E-state index contributed by atoms with van der Waals surface area (Å²) in [5.74, 6) is -0.749. The topological polar surface area (TPSA) is 117 Å². The highest BCUT2D eigenvalue weighted by Gasteiger charge is 2.48. The van der Waals surface area contributed by atoms with Crippen molar-refractivity contribution in [2.45, 2.75) is 12.5 Å². The van der Waals surface area contributed by atoms with E-state index in [1.807, 2.05) is 0 Å². The van der Waals surface area contributed by atoms with Gasteiger partial charge in [-0.2, -0.15) is 4.98 Å². The van der Waals surface area contributed by atoms with Gasteiger partial charge in [-0.05, 0) is 18.5 Å². The lowest BCUT2D eigenvalue weighted by Gasteiger charge is -2.37. The number of nitrogens with zero attached hydrogens (tertiary/aromatic N) is 4. The maximum absolute atomic E-state index is 12.6. The summed E-state index contributed by atoms with van der Waals surface area (Å²) >= 11 is 5.77. The molecule has 1 aliphatic rings. The normalized spacial score (nSPS) is 17.0. The smallest absolute Gasteiger partial charge is 0.336 e. The summed E-state index contributed by atoms with van der Waals surface area (Å²) in [6, 6.07) is 0. The van der Waals surface area contributed by atoms with Crippen molar-refractivity contribution in [3.63, 3.8) is 0 Å². The number of hydrogen-bond donors (Lipinski definition) is 0. The fourth-order valence-electron chi connectivity index (χ4n) is 2.28. The molecule has 0 spiro atoms. The summed E-state index contributed by atoms with van der Waals surface area (Å²) in [5.41, 5.74) is -1.82. The van der Waals surface area contributed by atoms with Crippen molar-refractivity contribution in [2.24, 2.45) is 0 Å². The van der Waals surface area contributed by atoms with Gasteiger partial charge < -0.3 is 19.1 Å². The highest BCUT2D eigenvalue weighted by molar-refractivity contribution is 6.28. The highest BCUT2D eigenvalue weighted by Crippen LogP contribution is 2.32. The first-order valence-electron chi connectivity index (χ1n) is 7.16. The molecule has 1 fully saturated rings. The summed E-state index contributed by atoms with van der Waals surface area (Å²) in [6.07, 6.45) is 0.985. The Balaban J connectivity index is 2.52. The zero-order chi connectivity index (χ0) is 17.7. The van der Waals surface area contributed by atoms with Gasteiger partial charge in [-0.15, -0.1) is 0 Å². The second-order valence-corrected chi connectivity index (χ2v) is 5.36. The number of halogens is 1. The van der Waals surface area contributed by atoms with Crippen molar-refractivity contribution in [1.82, 2.24) is 9.97 Å². The summed E-state index contributed by atoms with van der Waals surface area (Å²) in [7, 11) is 1.47. The molecule has 1 aromatic rings. The number of carbonyl (C=O) groups is 1. The first-order chi connectivity index (χ1) is 11.4. The Morgan fingerprint density at radius 2 is 2.12 bits per heavy atom. The van der Waals surface area contributed by atoms with Crippen LogP contribution in [0.25, 0.3) is 0 Å². The molecule has 0 amide bonds. The molecule has 1 saturated heterocycles. The number of esters is 1. The quantitative estimate of drug-likeness (QED) is 0.325. The second kappa shape index (κ2) is 7.69. The molecule has 0 saturated carbocycles. The molecular formula is C13H17ClN4O6. The fourth-order valence-corrected chi connectivity index (χ4v) is 2.41. The van der Waals surface area contributed by atoms with Crippen LogP contribution in [-0.4, -0.2) is 66.5 Å². The van der Waals surface area contributed by atoms with Gasteiger partial charge in [0.2, 0.25) is 11.1 Å². The predicted octanol–water partition coefficient (Wildman–Crippen LogP) is 0.823. The lowest BCUT2D eigenvalue weighted by molar-refractivity contribution is -0.384. The van der Waals surface area contributed by atoms with Gasteiger partial charge in [-0.1, -0.05) is 0 Å². The molecule has 0 N–H and O–H groups in total. The summed E-state index contributed by atoms with van der Waals surface area (Å²) in [4.78, 5) is 32.0. The molecule has 1 aliphatic heterocycles. The van der Waals surface area contributed by atoms with E-state index in [-0.39, 0.29) is 30.9 Å². The third-order valence-electron chi connectivity index (χ3n) is 3.59. The number of ether oxygens (including phenoxy) is 3. The fraction of sp³-hybridized carbons (Fsp3) is 0.615. The lowest BCUT2D eigenvalue weighted by Crippen LogP contribution is -2.60. The van der Waals surface area contributed by atoms with E-state index in [0.717, 1.165) is 6.20 Å². The van der Waals surface area contributed by atoms with Crippen LogP contribution in [0, 0.1) is 10.1 Å². The number of anilines is 1. The monoisotopic (exact) mass is 360 g/mol. The zero-order valence-electron chi connectivity index (χ0n) is 13.2. The van der Waals surface area contributed by atoms with Crippen molar-refractivity contribution < 1.29 is 23.9 Å².